The molecule has 0 saturated carbocycles. The summed E-state index contributed by atoms with van der Waals surface area (Å²) in [6, 6.07) is 11.5. The molecule has 140 valence electrons. The largest absolute Gasteiger partial charge is 0.348 e. The van der Waals surface area contributed by atoms with Gasteiger partial charge in [0.1, 0.15) is 11.9 Å². The van der Waals surface area contributed by atoms with Crippen LogP contribution in [0.4, 0.5) is 10.1 Å². The fourth-order valence-electron chi connectivity index (χ4n) is 2.67. The van der Waals surface area contributed by atoms with E-state index in [4.69, 9.17) is 0 Å². The second-order valence-electron chi connectivity index (χ2n) is 6.35. The summed E-state index contributed by atoms with van der Waals surface area (Å²) in [5.41, 5.74) is 2.27. The summed E-state index contributed by atoms with van der Waals surface area (Å²) in [6.45, 7) is 5.31. The molecule has 0 aliphatic carbocycles. The van der Waals surface area contributed by atoms with Crippen molar-refractivity contribution in [1.82, 2.24) is 5.32 Å². The van der Waals surface area contributed by atoms with Crippen LogP contribution in [0.25, 0.3) is 0 Å². The Bertz CT molecular complexity index is 865. The van der Waals surface area contributed by atoms with E-state index in [0.29, 0.717) is 0 Å². The van der Waals surface area contributed by atoms with Gasteiger partial charge in [-0.2, -0.15) is 0 Å². The lowest BCUT2D eigenvalue weighted by Gasteiger charge is -2.29. The fourth-order valence-corrected chi connectivity index (χ4v) is 3.84. The zero-order valence-electron chi connectivity index (χ0n) is 15.2. The lowest BCUT2D eigenvalue weighted by atomic mass is 10.1. The van der Waals surface area contributed by atoms with E-state index in [-0.39, 0.29) is 11.7 Å². The number of hydrogen-bond donors (Lipinski definition) is 1. The summed E-state index contributed by atoms with van der Waals surface area (Å²) in [5.74, 6) is -0.917. The Morgan fingerprint density at radius 3 is 2.08 bits per heavy atom. The van der Waals surface area contributed by atoms with Gasteiger partial charge in [-0.05, 0) is 50.6 Å². The molecule has 2 aromatic rings. The minimum absolute atomic E-state index is 0.236. The molecule has 26 heavy (non-hydrogen) atoms. The lowest BCUT2D eigenvalue weighted by Crippen LogP contribution is -2.48. The van der Waals surface area contributed by atoms with Crippen LogP contribution in [-0.4, -0.2) is 26.6 Å². The molecule has 2 rings (SSSR count). The highest BCUT2D eigenvalue weighted by Crippen LogP contribution is 2.22. The zero-order chi connectivity index (χ0) is 19.5. The normalized spacial score (nSPS) is 13.7. The molecule has 2 atom stereocenters. The number of benzene rings is 2. The first-order chi connectivity index (χ1) is 12.1. The molecule has 0 fully saturated rings. The van der Waals surface area contributed by atoms with Gasteiger partial charge in [0.15, 0.2) is 0 Å². The maximum absolute atomic E-state index is 13.1. The first-order valence-corrected chi connectivity index (χ1v) is 10.1. The quantitative estimate of drug-likeness (QED) is 0.840. The minimum atomic E-state index is -3.73. The summed E-state index contributed by atoms with van der Waals surface area (Å²) in [6.07, 6.45) is 1.02. The van der Waals surface area contributed by atoms with E-state index in [0.717, 1.165) is 33.8 Å². The molecular formula is C19H23FN2O3S. The Morgan fingerprint density at radius 1 is 1.04 bits per heavy atom. The van der Waals surface area contributed by atoms with Crippen LogP contribution >= 0.6 is 0 Å². The number of halogens is 1. The number of aryl methyl sites for hydroxylation is 1. The monoisotopic (exact) mass is 378 g/mol. The summed E-state index contributed by atoms with van der Waals surface area (Å²) in [5, 5.41) is 2.83. The van der Waals surface area contributed by atoms with Crippen molar-refractivity contribution in [1.29, 1.82) is 0 Å². The van der Waals surface area contributed by atoms with Crippen molar-refractivity contribution >= 4 is 21.6 Å². The highest BCUT2D eigenvalue weighted by Gasteiger charge is 2.29. The Labute approximate surface area is 153 Å². The van der Waals surface area contributed by atoms with Gasteiger partial charge in [0.05, 0.1) is 18.0 Å². The van der Waals surface area contributed by atoms with E-state index in [1.807, 2.05) is 38.1 Å². The first kappa shape index (κ1) is 19.9. The van der Waals surface area contributed by atoms with Crippen molar-refractivity contribution in [2.75, 3.05) is 10.6 Å². The molecule has 0 aromatic heterocycles. The third-order valence-electron chi connectivity index (χ3n) is 4.11. The number of nitrogens with zero attached hydrogens (tertiary/aromatic N) is 1. The Balaban J connectivity index is 2.22. The van der Waals surface area contributed by atoms with Gasteiger partial charge in [-0.15, -0.1) is 0 Å². The van der Waals surface area contributed by atoms with Gasteiger partial charge < -0.3 is 5.32 Å². The van der Waals surface area contributed by atoms with Crippen LogP contribution in [0.15, 0.2) is 48.5 Å². The number of anilines is 1. The number of nitrogens with one attached hydrogen (secondary N) is 1. The number of hydrogen-bond acceptors (Lipinski definition) is 3. The second kappa shape index (κ2) is 7.86. The predicted octanol–water partition coefficient (Wildman–Crippen LogP) is 3.17. The van der Waals surface area contributed by atoms with E-state index in [9.17, 15) is 17.6 Å². The smallest absolute Gasteiger partial charge is 0.244 e. The van der Waals surface area contributed by atoms with Crippen LogP contribution in [0.3, 0.4) is 0 Å². The van der Waals surface area contributed by atoms with E-state index in [1.165, 1.54) is 19.1 Å². The molecular weight excluding hydrogens is 355 g/mol. The topological polar surface area (TPSA) is 66.5 Å². The number of amides is 1. The molecule has 7 heteroatoms. The van der Waals surface area contributed by atoms with Crippen molar-refractivity contribution < 1.29 is 17.6 Å². The molecule has 2 unspecified atom stereocenters. The predicted molar refractivity (Wildman–Crippen MR) is 101 cm³/mol. The van der Waals surface area contributed by atoms with Crippen molar-refractivity contribution in [3.8, 4) is 0 Å². The third-order valence-corrected chi connectivity index (χ3v) is 5.35. The van der Waals surface area contributed by atoms with Crippen LogP contribution in [0.5, 0.6) is 0 Å². The standard InChI is InChI=1S/C19H23FN2O3S/c1-13-5-7-16(8-6-13)14(2)21-19(23)15(3)22(26(4,24)25)18-11-9-17(20)10-12-18/h5-12,14-15H,1-4H3,(H,21,23). The van der Waals surface area contributed by atoms with Crippen LogP contribution < -0.4 is 9.62 Å². The van der Waals surface area contributed by atoms with Gasteiger partial charge in [0.2, 0.25) is 15.9 Å². The molecule has 0 saturated heterocycles. The van der Waals surface area contributed by atoms with Crippen LogP contribution in [0.2, 0.25) is 0 Å². The molecule has 1 N–H and O–H groups in total. The van der Waals surface area contributed by atoms with Gasteiger partial charge in [-0.3, -0.25) is 9.10 Å². The molecule has 1 amide bonds. The highest BCUT2D eigenvalue weighted by molar-refractivity contribution is 7.92. The van der Waals surface area contributed by atoms with Gasteiger partial charge >= 0.3 is 0 Å². The first-order valence-electron chi connectivity index (χ1n) is 8.21. The molecule has 0 radical (unpaired) electrons. The fraction of sp³-hybridized carbons (Fsp3) is 0.316. The maximum atomic E-state index is 13.1. The van der Waals surface area contributed by atoms with Crippen LogP contribution in [-0.2, 0) is 14.8 Å². The van der Waals surface area contributed by atoms with Crippen LogP contribution in [0, 0.1) is 12.7 Å². The maximum Gasteiger partial charge on any atom is 0.244 e. The highest BCUT2D eigenvalue weighted by atomic mass is 32.2. The van der Waals surface area contributed by atoms with E-state index < -0.39 is 27.8 Å². The van der Waals surface area contributed by atoms with Crippen molar-refractivity contribution in [3.05, 3.63) is 65.5 Å². The summed E-state index contributed by atoms with van der Waals surface area (Å²) in [4.78, 5) is 12.6. The molecule has 0 bridgehead atoms. The average molecular weight is 378 g/mol. The number of sulfonamides is 1. The zero-order valence-corrected chi connectivity index (χ0v) is 16.0. The Kier molecular flexibility index (Phi) is 6.02. The summed E-state index contributed by atoms with van der Waals surface area (Å²) < 4.78 is 38.6. The van der Waals surface area contributed by atoms with Gasteiger partial charge in [-0.1, -0.05) is 29.8 Å². The van der Waals surface area contributed by atoms with Gasteiger partial charge in [-0.25, -0.2) is 12.8 Å². The van der Waals surface area contributed by atoms with Crippen molar-refractivity contribution in [3.63, 3.8) is 0 Å². The van der Waals surface area contributed by atoms with Crippen molar-refractivity contribution in [2.45, 2.75) is 32.9 Å². The SMILES string of the molecule is Cc1ccc(C(C)NC(=O)C(C)N(c2ccc(F)cc2)S(C)(=O)=O)cc1. The molecule has 5 nitrogen and oxygen atoms in total. The third kappa shape index (κ3) is 4.82. The Morgan fingerprint density at radius 2 is 1.58 bits per heavy atom. The molecule has 0 heterocycles. The number of carbonyl (C=O) groups is 1. The molecule has 0 spiro atoms. The Hall–Kier alpha value is -2.41. The molecule has 0 aliphatic rings. The van der Waals surface area contributed by atoms with E-state index >= 15 is 0 Å². The van der Waals surface area contributed by atoms with Gasteiger partial charge in [0, 0.05) is 0 Å². The van der Waals surface area contributed by atoms with Gasteiger partial charge in [0.25, 0.3) is 0 Å². The molecule has 0 aliphatic heterocycles. The van der Waals surface area contributed by atoms with Crippen molar-refractivity contribution in [2.24, 2.45) is 0 Å². The van der Waals surface area contributed by atoms with E-state index in [2.05, 4.69) is 5.32 Å². The minimum Gasteiger partial charge on any atom is -0.348 e. The van der Waals surface area contributed by atoms with Crippen LogP contribution in [0.1, 0.15) is 31.0 Å². The summed E-state index contributed by atoms with van der Waals surface area (Å²) >= 11 is 0. The number of rotatable bonds is 6. The lowest BCUT2D eigenvalue weighted by molar-refractivity contribution is -0.122. The molecule has 2 aromatic carbocycles. The summed E-state index contributed by atoms with van der Waals surface area (Å²) in [7, 11) is -3.73. The second-order valence-corrected chi connectivity index (χ2v) is 8.21. The average Bonchev–Trinajstić information content (AvgIpc) is 2.56. The number of carbonyl (C=O) groups excluding carboxylic acids is 1. The van der Waals surface area contributed by atoms with E-state index in [1.54, 1.807) is 0 Å².